The van der Waals surface area contributed by atoms with Crippen LogP contribution < -0.4 is 0 Å². The van der Waals surface area contributed by atoms with Gasteiger partial charge in [-0.05, 0) is 69.6 Å². The number of rotatable bonds is 5. The number of ether oxygens (including phenoxy) is 1. The quantitative estimate of drug-likeness (QED) is 0.596. The molecule has 0 atom stereocenters. The van der Waals surface area contributed by atoms with E-state index in [-0.39, 0.29) is 0 Å². The van der Waals surface area contributed by atoms with E-state index in [0.717, 1.165) is 5.92 Å². The van der Waals surface area contributed by atoms with Gasteiger partial charge in [0.2, 0.25) is 0 Å². The number of hydrogen-bond acceptors (Lipinski definition) is 1. The highest BCUT2D eigenvalue weighted by Crippen LogP contribution is 2.51. The molecular weight excluding hydrogens is 232 g/mol. The van der Waals surface area contributed by atoms with Crippen LogP contribution in [0.3, 0.4) is 0 Å². The van der Waals surface area contributed by atoms with Gasteiger partial charge in [0.25, 0.3) is 0 Å². The largest absolute Gasteiger partial charge is 0.381 e. The van der Waals surface area contributed by atoms with Crippen molar-refractivity contribution in [3.63, 3.8) is 0 Å². The fraction of sp³-hybridized carbons (Fsp3) is 0.889. The molecule has 110 valence electrons. The summed E-state index contributed by atoms with van der Waals surface area (Å²) >= 11 is 0. The second-order valence-corrected chi connectivity index (χ2v) is 6.74. The van der Waals surface area contributed by atoms with E-state index in [1.165, 1.54) is 70.6 Å². The summed E-state index contributed by atoms with van der Waals surface area (Å²) < 4.78 is 5.55. The Kier molecular flexibility index (Phi) is 5.94. The summed E-state index contributed by atoms with van der Waals surface area (Å²) in [5.41, 5.74) is 0.677. The first kappa shape index (κ1) is 15.1. The number of methoxy groups -OCH3 is 1. The zero-order valence-electron chi connectivity index (χ0n) is 13.0. The third-order valence-electron chi connectivity index (χ3n) is 5.77. The molecule has 0 aromatic heterocycles. The molecule has 2 fully saturated rings. The van der Waals surface area contributed by atoms with Crippen molar-refractivity contribution in [3.05, 3.63) is 12.2 Å². The molecule has 0 aliphatic heterocycles. The van der Waals surface area contributed by atoms with Gasteiger partial charge in [-0.15, -0.1) is 0 Å². The van der Waals surface area contributed by atoms with Crippen LogP contribution in [0.1, 0.15) is 77.6 Å². The van der Waals surface area contributed by atoms with Gasteiger partial charge >= 0.3 is 0 Å². The van der Waals surface area contributed by atoms with E-state index in [1.54, 1.807) is 0 Å². The molecule has 19 heavy (non-hydrogen) atoms. The topological polar surface area (TPSA) is 9.23 Å². The Balaban J connectivity index is 1.96. The van der Waals surface area contributed by atoms with Crippen LogP contribution in [0.5, 0.6) is 0 Å². The van der Waals surface area contributed by atoms with E-state index >= 15 is 0 Å². The highest BCUT2D eigenvalue weighted by atomic mass is 16.5. The van der Waals surface area contributed by atoms with Crippen molar-refractivity contribution in [2.24, 2.45) is 11.3 Å². The molecule has 2 saturated carbocycles. The molecule has 0 aromatic carbocycles. The van der Waals surface area contributed by atoms with E-state index in [4.69, 9.17) is 4.74 Å². The standard InChI is InChI=1S/C18H32O/c1-3-4-6-13-18(14-7-5-8-15-18)16-9-11-17(19-2)12-10-16/h3-4,16-17H,5-15H2,1-2H3. The monoisotopic (exact) mass is 264 g/mol. The molecular formula is C18H32O. The zero-order chi connectivity index (χ0) is 13.6. The van der Waals surface area contributed by atoms with E-state index in [0.29, 0.717) is 11.5 Å². The zero-order valence-corrected chi connectivity index (χ0v) is 13.0. The van der Waals surface area contributed by atoms with E-state index < -0.39 is 0 Å². The Hall–Kier alpha value is -0.300. The van der Waals surface area contributed by atoms with Gasteiger partial charge in [-0.25, -0.2) is 0 Å². The summed E-state index contributed by atoms with van der Waals surface area (Å²) in [7, 11) is 1.88. The molecule has 0 amide bonds. The molecule has 0 radical (unpaired) electrons. The van der Waals surface area contributed by atoms with Crippen molar-refractivity contribution < 1.29 is 4.74 Å². The average molecular weight is 264 g/mol. The Morgan fingerprint density at radius 2 is 1.74 bits per heavy atom. The van der Waals surface area contributed by atoms with Gasteiger partial charge in [-0.2, -0.15) is 0 Å². The molecule has 2 aliphatic rings. The molecule has 2 aliphatic carbocycles. The second kappa shape index (κ2) is 7.47. The minimum absolute atomic E-state index is 0.549. The Bertz CT molecular complexity index is 267. The van der Waals surface area contributed by atoms with Crippen molar-refractivity contribution in [2.75, 3.05) is 7.11 Å². The molecule has 1 heteroatoms. The third-order valence-corrected chi connectivity index (χ3v) is 5.77. The lowest BCUT2D eigenvalue weighted by Crippen LogP contribution is -2.36. The first-order chi connectivity index (χ1) is 9.30. The minimum atomic E-state index is 0.549. The molecule has 0 N–H and O–H groups in total. The summed E-state index contributed by atoms with van der Waals surface area (Å²) in [5, 5.41) is 0. The lowest BCUT2D eigenvalue weighted by atomic mass is 9.59. The van der Waals surface area contributed by atoms with E-state index in [9.17, 15) is 0 Å². The van der Waals surface area contributed by atoms with Gasteiger partial charge < -0.3 is 4.74 Å². The summed E-state index contributed by atoms with van der Waals surface area (Å²) in [6, 6.07) is 0. The van der Waals surface area contributed by atoms with Gasteiger partial charge in [-0.3, -0.25) is 0 Å². The van der Waals surface area contributed by atoms with Crippen molar-refractivity contribution >= 4 is 0 Å². The van der Waals surface area contributed by atoms with Gasteiger partial charge in [0.05, 0.1) is 6.10 Å². The minimum Gasteiger partial charge on any atom is -0.381 e. The van der Waals surface area contributed by atoms with Crippen LogP contribution in [0, 0.1) is 11.3 Å². The Morgan fingerprint density at radius 3 is 2.32 bits per heavy atom. The highest BCUT2D eigenvalue weighted by Gasteiger charge is 2.40. The smallest absolute Gasteiger partial charge is 0.0571 e. The molecule has 0 aromatic rings. The highest BCUT2D eigenvalue weighted by molar-refractivity contribution is 4.93. The normalized spacial score (nSPS) is 31.7. The maximum atomic E-state index is 5.55. The van der Waals surface area contributed by atoms with Crippen LogP contribution in [-0.4, -0.2) is 13.2 Å². The van der Waals surface area contributed by atoms with Crippen molar-refractivity contribution in [1.82, 2.24) is 0 Å². The SMILES string of the molecule is CC=CCCC1(C2CCC(OC)CC2)CCCCC1. The average Bonchev–Trinajstić information content (AvgIpc) is 2.49. The van der Waals surface area contributed by atoms with Gasteiger partial charge in [0.1, 0.15) is 0 Å². The molecule has 0 heterocycles. The van der Waals surface area contributed by atoms with E-state index in [2.05, 4.69) is 19.1 Å². The first-order valence-corrected chi connectivity index (χ1v) is 8.45. The lowest BCUT2D eigenvalue weighted by molar-refractivity contribution is 0.00215. The van der Waals surface area contributed by atoms with Crippen LogP contribution in [0.15, 0.2) is 12.2 Å². The molecule has 0 unspecified atom stereocenters. The molecule has 1 nitrogen and oxygen atoms in total. The summed E-state index contributed by atoms with van der Waals surface area (Å²) in [6.45, 7) is 2.15. The maximum absolute atomic E-state index is 5.55. The summed E-state index contributed by atoms with van der Waals surface area (Å²) in [5.74, 6) is 0.976. The Labute approximate surface area is 119 Å². The first-order valence-electron chi connectivity index (χ1n) is 8.45. The van der Waals surface area contributed by atoms with Crippen LogP contribution in [0.2, 0.25) is 0 Å². The fourth-order valence-electron chi connectivity index (χ4n) is 4.57. The summed E-state index contributed by atoms with van der Waals surface area (Å²) in [4.78, 5) is 0. The predicted octanol–water partition coefficient (Wildman–Crippen LogP) is 5.50. The fourth-order valence-corrected chi connectivity index (χ4v) is 4.57. The van der Waals surface area contributed by atoms with Crippen molar-refractivity contribution in [3.8, 4) is 0 Å². The van der Waals surface area contributed by atoms with Gasteiger partial charge in [-0.1, -0.05) is 31.4 Å². The molecule has 0 bridgehead atoms. The predicted molar refractivity (Wildman–Crippen MR) is 82.3 cm³/mol. The van der Waals surface area contributed by atoms with Crippen LogP contribution in [-0.2, 0) is 4.74 Å². The van der Waals surface area contributed by atoms with Crippen LogP contribution in [0.25, 0.3) is 0 Å². The lowest BCUT2D eigenvalue weighted by Gasteiger charge is -2.46. The van der Waals surface area contributed by atoms with E-state index in [1.807, 2.05) is 7.11 Å². The van der Waals surface area contributed by atoms with Gasteiger partial charge in [0.15, 0.2) is 0 Å². The third kappa shape index (κ3) is 3.84. The van der Waals surface area contributed by atoms with Crippen molar-refractivity contribution in [2.45, 2.75) is 83.7 Å². The number of hydrogen-bond donors (Lipinski definition) is 0. The number of allylic oxidation sites excluding steroid dienone is 2. The Morgan fingerprint density at radius 1 is 1.05 bits per heavy atom. The molecule has 2 rings (SSSR count). The van der Waals surface area contributed by atoms with Crippen LogP contribution in [0.4, 0.5) is 0 Å². The second-order valence-electron chi connectivity index (χ2n) is 6.74. The van der Waals surface area contributed by atoms with Crippen molar-refractivity contribution in [1.29, 1.82) is 0 Å². The summed E-state index contributed by atoms with van der Waals surface area (Å²) in [6.07, 6.45) is 20.7. The van der Waals surface area contributed by atoms with Crippen LogP contribution >= 0.6 is 0 Å². The maximum Gasteiger partial charge on any atom is 0.0571 e. The van der Waals surface area contributed by atoms with Gasteiger partial charge in [0, 0.05) is 7.11 Å². The molecule has 0 saturated heterocycles. The molecule has 0 spiro atoms.